The number of nitrogens with two attached hydrogens (primary N) is 1. The molecule has 0 saturated heterocycles. The van der Waals surface area contributed by atoms with Gasteiger partial charge in [0.05, 0.1) is 0 Å². The minimum absolute atomic E-state index is 0.128. The summed E-state index contributed by atoms with van der Waals surface area (Å²) in [5.41, 5.74) is 5.48. The molecule has 0 radical (unpaired) electrons. The number of aliphatic carboxylic acids is 1. The van der Waals surface area contributed by atoms with Crippen LogP contribution in [0.5, 0.6) is 0 Å². The molecule has 1 amide bonds. The monoisotopic (exact) mass is 829 g/mol. The molecule has 7 nitrogen and oxygen atoms in total. The molecule has 0 aromatic carbocycles. The quantitative estimate of drug-likeness (QED) is 0.0321. The Kier molecular flexibility index (Phi) is 42.6. The predicted octanol–water partition coefficient (Wildman–Crippen LogP) is 13.8. The van der Waals surface area contributed by atoms with Crippen LogP contribution in [0.25, 0.3) is 0 Å². The molecule has 4 N–H and O–H groups in total. The van der Waals surface area contributed by atoms with Crippen molar-refractivity contribution in [2.24, 2.45) is 5.73 Å². The van der Waals surface area contributed by atoms with E-state index < -0.39 is 12.0 Å². The number of ether oxygens (including phenoxy) is 1. The molecule has 0 aliphatic rings. The number of carboxylic acids is 1. The van der Waals surface area contributed by atoms with Crippen LogP contribution in [0.3, 0.4) is 0 Å². The maximum absolute atomic E-state index is 12.8. The summed E-state index contributed by atoms with van der Waals surface area (Å²) < 4.78 is 5.93. The molecule has 2 atom stereocenters. The number of amides is 1. The highest BCUT2D eigenvalue weighted by Crippen LogP contribution is 2.15. The van der Waals surface area contributed by atoms with E-state index in [0.717, 1.165) is 128 Å². The maximum atomic E-state index is 12.8. The molecule has 0 aliphatic carbocycles. The smallest absolute Gasteiger partial charge is 0.326 e. The fourth-order valence-corrected chi connectivity index (χ4v) is 6.07. The van der Waals surface area contributed by atoms with Gasteiger partial charge in [-0.15, -0.1) is 0 Å². The molecule has 0 rings (SSSR count). The maximum Gasteiger partial charge on any atom is 0.326 e. The van der Waals surface area contributed by atoms with Crippen LogP contribution in [-0.4, -0.2) is 41.6 Å². The van der Waals surface area contributed by atoms with Crippen molar-refractivity contribution in [2.75, 3.05) is 6.54 Å². The second kappa shape index (κ2) is 45.8. The highest BCUT2D eigenvalue weighted by Gasteiger charge is 2.18. The van der Waals surface area contributed by atoms with Crippen LogP contribution in [-0.2, 0) is 19.1 Å². The molecule has 0 spiro atoms. The number of rotatable bonds is 40. The van der Waals surface area contributed by atoms with Gasteiger partial charge in [-0.1, -0.05) is 161 Å². The molecule has 0 saturated carbocycles. The predicted molar refractivity (Wildman–Crippen MR) is 257 cm³/mol. The molecule has 0 aromatic heterocycles. The van der Waals surface area contributed by atoms with Crippen molar-refractivity contribution in [3.05, 3.63) is 122 Å². The Hall–Kier alpha value is -4.23. The van der Waals surface area contributed by atoms with Crippen LogP contribution in [0, 0.1) is 0 Å². The Morgan fingerprint density at radius 2 is 0.917 bits per heavy atom. The van der Waals surface area contributed by atoms with E-state index in [0.29, 0.717) is 38.6 Å². The zero-order valence-corrected chi connectivity index (χ0v) is 37.7. The fourth-order valence-electron chi connectivity index (χ4n) is 6.07. The van der Waals surface area contributed by atoms with Gasteiger partial charge in [0.2, 0.25) is 5.91 Å². The zero-order chi connectivity index (χ0) is 43.8. The summed E-state index contributed by atoms with van der Waals surface area (Å²) in [6, 6.07) is -0.877. The van der Waals surface area contributed by atoms with Gasteiger partial charge in [0.15, 0.2) is 0 Å². The zero-order valence-electron chi connectivity index (χ0n) is 37.7. The Balaban J connectivity index is 4.42. The summed E-state index contributed by atoms with van der Waals surface area (Å²) >= 11 is 0. The van der Waals surface area contributed by atoms with Crippen molar-refractivity contribution in [1.82, 2.24) is 5.32 Å². The van der Waals surface area contributed by atoms with Gasteiger partial charge in [0, 0.05) is 12.8 Å². The molecule has 60 heavy (non-hydrogen) atoms. The number of unbranched alkanes of at least 4 members (excludes halogenated alkanes) is 8. The standard InChI is InChI=1S/C53H84N2O5/c1-3-5-7-9-11-13-15-16-17-18-19-20-21-22-23-24-25-26-28-30-32-37-41-47-52(57)60-49(43-38-34-31-29-27-14-12-10-8-6-4-2)44-39-35-33-36-40-46-51(56)55-50(53(58)59)45-42-48-54/h5-8,11-14,16-17,19-20,22-23,25-26,29,31,38,43,49-50H,3-4,9-10,15,18,21,24,27-28,30,32-37,39-42,44-48,54H2,1-2H3,(H,55,56)(H,58,59)/b7-5-,8-6-,13-11-,14-12-,17-16-,20-19-,23-22-,26-25-,31-29-,43-38-. The first kappa shape index (κ1) is 55.8. The van der Waals surface area contributed by atoms with Crippen LogP contribution in [0.4, 0.5) is 0 Å². The van der Waals surface area contributed by atoms with Crippen LogP contribution < -0.4 is 11.1 Å². The van der Waals surface area contributed by atoms with E-state index in [9.17, 15) is 19.5 Å². The average Bonchev–Trinajstić information content (AvgIpc) is 3.23. The molecule has 0 bridgehead atoms. The summed E-state index contributed by atoms with van der Waals surface area (Å²) in [5.74, 6) is -1.37. The van der Waals surface area contributed by atoms with Gasteiger partial charge in [0.25, 0.3) is 0 Å². The van der Waals surface area contributed by atoms with Crippen LogP contribution in [0.1, 0.15) is 174 Å². The van der Waals surface area contributed by atoms with Crippen molar-refractivity contribution >= 4 is 17.8 Å². The Morgan fingerprint density at radius 1 is 0.500 bits per heavy atom. The summed E-state index contributed by atoms with van der Waals surface area (Å²) in [6.45, 7) is 4.69. The molecular formula is C53H84N2O5. The number of allylic oxidation sites excluding steroid dienone is 19. The van der Waals surface area contributed by atoms with Crippen molar-refractivity contribution in [3.63, 3.8) is 0 Å². The van der Waals surface area contributed by atoms with Gasteiger partial charge in [-0.05, 0) is 128 Å². The van der Waals surface area contributed by atoms with Crippen LogP contribution in [0.15, 0.2) is 122 Å². The van der Waals surface area contributed by atoms with Crippen LogP contribution >= 0.6 is 0 Å². The van der Waals surface area contributed by atoms with Crippen LogP contribution in [0.2, 0.25) is 0 Å². The van der Waals surface area contributed by atoms with Crippen molar-refractivity contribution in [3.8, 4) is 0 Å². The average molecular weight is 829 g/mol. The van der Waals surface area contributed by atoms with E-state index in [1.807, 2.05) is 6.08 Å². The summed E-state index contributed by atoms with van der Waals surface area (Å²) in [4.78, 5) is 36.4. The number of carbonyl (C=O) groups excluding carboxylic acids is 2. The van der Waals surface area contributed by atoms with E-state index >= 15 is 0 Å². The lowest BCUT2D eigenvalue weighted by molar-refractivity contribution is -0.147. The van der Waals surface area contributed by atoms with E-state index in [1.54, 1.807) is 0 Å². The highest BCUT2D eigenvalue weighted by molar-refractivity contribution is 5.83. The molecular weight excluding hydrogens is 745 g/mol. The third kappa shape index (κ3) is 41.9. The van der Waals surface area contributed by atoms with Gasteiger partial charge in [-0.2, -0.15) is 0 Å². The van der Waals surface area contributed by atoms with E-state index in [2.05, 4.69) is 135 Å². The van der Waals surface area contributed by atoms with E-state index in [1.165, 1.54) is 0 Å². The van der Waals surface area contributed by atoms with Gasteiger partial charge >= 0.3 is 11.9 Å². The second-order valence-electron chi connectivity index (χ2n) is 15.0. The highest BCUT2D eigenvalue weighted by atomic mass is 16.5. The number of carboxylic acid groups (broad SMARTS) is 1. The molecule has 0 aromatic rings. The second-order valence-corrected chi connectivity index (χ2v) is 15.0. The van der Waals surface area contributed by atoms with E-state index in [4.69, 9.17) is 10.5 Å². The number of esters is 1. The lowest BCUT2D eigenvalue weighted by atomic mass is 10.1. The van der Waals surface area contributed by atoms with E-state index in [-0.39, 0.29) is 18.0 Å². The van der Waals surface area contributed by atoms with Gasteiger partial charge in [0.1, 0.15) is 12.1 Å². The molecule has 336 valence electrons. The first-order chi connectivity index (χ1) is 29.4. The molecule has 0 fully saturated rings. The lowest BCUT2D eigenvalue weighted by Gasteiger charge is -2.15. The molecule has 0 heterocycles. The first-order valence-corrected chi connectivity index (χ1v) is 23.4. The number of nitrogens with one attached hydrogen (secondary N) is 1. The van der Waals surface area contributed by atoms with Crippen molar-refractivity contribution in [1.29, 1.82) is 0 Å². The SMILES string of the molecule is CC/C=C\C/C=C\C/C=C\C/C=C\C/C=C\C/C=C\CCCCCCC(=O)OC(/C=C\C/C=C\C/C=C\C/C=C\CC)CCCCCCCC(=O)NC(CCCN)C(=O)O. The van der Waals surface area contributed by atoms with Gasteiger partial charge < -0.3 is 20.9 Å². The fraction of sp³-hybridized carbons (Fsp3) is 0.566. The molecule has 0 aliphatic heterocycles. The Labute approximate surface area is 366 Å². The third-order valence-corrected chi connectivity index (χ3v) is 9.51. The van der Waals surface area contributed by atoms with Gasteiger partial charge in [-0.25, -0.2) is 4.79 Å². The largest absolute Gasteiger partial charge is 0.480 e. The summed E-state index contributed by atoms with van der Waals surface area (Å²) in [7, 11) is 0. The van der Waals surface area contributed by atoms with Crippen molar-refractivity contribution < 1.29 is 24.2 Å². The third-order valence-electron chi connectivity index (χ3n) is 9.51. The minimum Gasteiger partial charge on any atom is -0.480 e. The first-order valence-electron chi connectivity index (χ1n) is 23.4. The number of carbonyl (C=O) groups is 3. The molecule has 2 unspecified atom stereocenters. The number of hydrogen-bond donors (Lipinski definition) is 3. The number of hydrogen-bond acceptors (Lipinski definition) is 5. The topological polar surface area (TPSA) is 119 Å². The van der Waals surface area contributed by atoms with Crippen molar-refractivity contribution in [2.45, 2.75) is 187 Å². The Bertz CT molecular complexity index is 1350. The summed E-state index contributed by atoms with van der Waals surface area (Å²) in [6.07, 6.45) is 65.5. The minimum atomic E-state index is -1.02. The van der Waals surface area contributed by atoms with Gasteiger partial charge in [-0.3, -0.25) is 9.59 Å². The molecule has 7 heteroatoms. The summed E-state index contributed by atoms with van der Waals surface area (Å²) in [5, 5.41) is 11.9. The normalized spacial score (nSPS) is 13.8. The lowest BCUT2D eigenvalue weighted by Crippen LogP contribution is -2.40. The Morgan fingerprint density at radius 3 is 1.40 bits per heavy atom.